The molecule has 0 aromatic heterocycles. The number of nitrogens with zero attached hydrogens (tertiary/aromatic N) is 1. The minimum absolute atomic E-state index is 0.164. The largest absolute Gasteiger partial charge is 0.497 e. The smallest absolute Gasteiger partial charge is 0.120 e. The Balaban J connectivity index is 2.30. The zero-order valence-electron chi connectivity index (χ0n) is 12.3. The number of benzene rings is 1. The Labute approximate surface area is 121 Å². The number of ether oxygens (including phenoxy) is 1. The summed E-state index contributed by atoms with van der Waals surface area (Å²) in [7, 11) is 1.68. The van der Waals surface area contributed by atoms with Crippen LogP contribution in [-0.2, 0) is 6.54 Å². The molecule has 0 saturated heterocycles. The van der Waals surface area contributed by atoms with Crippen molar-refractivity contribution in [3.8, 4) is 5.75 Å². The number of anilines is 1. The number of aliphatic hydroxyl groups is 1. The van der Waals surface area contributed by atoms with Gasteiger partial charge in [0.15, 0.2) is 0 Å². The highest BCUT2D eigenvalue weighted by atomic mass is 16.5. The van der Waals surface area contributed by atoms with E-state index in [1.54, 1.807) is 7.11 Å². The molecule has 112 valence electrons. The van der Waals surface area contributed by atoms with Gasteiger partial charge in [-0.25, -0.2) is 0 Å². The van der Waals surface area contributed by atoms with E-state index in [9.17, 15) is 5.11 Å². The normalized spacial score (nSPS) is 16.1. The molecule has 2 rings (SSSR count). The number of methoxy groups -OCH3 is 1. The standard InChI is InChI=1S/C16H26N2O2/c1-20-15-8-7-13(12-17)16(11-15)18(9-10-19)14-5-3-2-4-6-14/h7-8,11,14,19H,2-6,9-10,12,17H2,1H3. The second kappa shape index (κ2) is 7.50. The molecule has 0 bridgehead atoms. The van der Waals surface area contributed by atoms with Gasteiger partial charge in [-0.15, -0.1) is 0 Å². The van der Waals surface area contributed by atoms with Gasteiger partial charge in [0, 0.05) is 30.9 Å². The van der Waals surface area contributed by atoms with Crippen molar-refractivity contribution >= 4 is 5.69 Å². The molecule has 0 aliphatic heterocycles. The summed E-state index contributed by atoms with van der Waals surface area (Å²) in [5, 5.41) is 9.41. The summed E-state index contributed by atoms with van der Waals surface area (Å²) in [6.07, 6.45) is 6.26. The van der Waals surface area contributed by atoms with Crippen LogP contribution in [-0.4, -0.2) is 31.4 Å². The summed E-state index contributed by atoms with van der Waals surface area (Å²) in [4.78, 5) is 2.32. The fourth-order valence-electron chi connectivity index (χ4n) is 3.11. The van der Waals surface area contributed by atoms with Crippen LogP contribution < -0.4 is 15.4 Å². The van der Waals surface area contributed by atoms with Gasteiger partial charge in [0.2, 0.25) is 0 Å². The molecule has 0 unspecified atom stereocenters. The van der Waals surface area contributed by atoms with Crippen molar-refractivity contribution < 1.29 is 9.84 Å². The lowest BCUT2D eigenvalue weighted by Gasteiger charge is -2.37. The van der Waals surface area contributed by atoms with Crippen LogP contribution in [0.15, 0.2) is 18.2 Å². The third-order valence-electron chi connectivity index (χ3n) is 4.18. The van der Waals surface area contributed by atoms with Crippen LogP contribution in [0.1, 0.15) is 37.7 Å². The summed E-state index contributed by atoms with van der Waals surface area (Å²) < 4.78 is 5.34. The van der Waals surface area contributed by atoms with E-state index in [0.29, 0.717) is 19.1 Å². The average Bonchev–Trinajstić information content (AvgIpc) is 2.53. The first-order chi connectivity index (χ1) is 9.80. The van der Waals surface area contributed by atoms with Gasteiger partial charge >= 0.3 is 0 Å². The Bertz CT molecular complexity index is 417. The number of nitrogens with two attached hydrogens (primary N) is 1. The predicted octanol–water partition coefficient (Wildman–Crippen LogP) is 2.29. The number of hydrogen-bond acceptors (Lipinski definition) is 4. The molecule has 1 saturated carbocycles. The third kappa shape index (κ3) is 3.44. The number of rotatable bonds is 6. The van der Waals surface area contributed by atoms with Crippen LogP contribution >= 0.6 is 0 Å². The van der Waals surface area contributed by atoms with Gasteiger partial charge in [-0.3, -0.25) is 0 Å². The van der Waals surface area contributed by atoms with E-state index in [1.165, 1.54) is 32.1 Å². The minimum Gasteiger partial charge on any atom is -0.497 e. The fraction of sp³-hybridized carbons (Fsp3) is 0.625. The van der Waals surface area contributed by atoms with Crippen LogP contribution in [0.3, 0.4) is 0 Å². The molecule has 4 nitrogen and oxygen atoms in total. The summed E-state index contributed by atoms with van der Waals surface area (Å²) >= 11 is 0. The fourth-order valence-corrected chi connectivity index (χ4v) is 3.11. The average molecular weight is 278 g/mol. The van der Waals surface area contributed by atoms with Crippen LogP contribution in [0, 0.1) is 0 Å². The van der Waals surface area contributed by atoms with E-state index in [1.807, 2.05) is 18.2 Å². The van der Waals surface area contributed by atoms with E-state index in [4.69, 9.17) is 10.5 Å². The van der Waals surface area contributed by atoms with Crippen molar-refractivity contribution in [2.45, 2.75) is 44.7 Å². The molecule has 1 aromatic carbocycles. The molecule has 1 aliphatic rings. The second-order valence-electron chi connectivity index (χ2n) is 5.41. The zero-order valence-corrected chi connectivity index (χ0v) is 12.3. The van der Waals surface area contributed by atoms with Gasteiger partial charge in [-0.2, -0.15) is 0 Å². The van der Waals surface area contributed by atoms with Crippen LogP contribution in [0.25, 0.3) is 0 Å². The van der Waals surface area contributed by atoms with Crippen LogP contribution in [0.5, 0.6) is 5.75 Å². The molecular formula is C16H26N2O2. The van der Waals surface area contributed by atoms with E-state index in [2.05, 4.69) is 4.90 Å². The minimum atomic E-state index is 0.164. The van der Waals surface area contributed by atoms with Crippen LogP contribution in [0.2, 0.25) is 0 Å². The first-order valence-corrected chi connectivity index (χ1v) is 7.54. The van der Waals surface area contributed by atoms with Gasteiger partial charge in [0.1, 0.15) is 5.75 Å². The van der Waals surface area contributed by atoms with Crippen molar-refractivity contribution in [2.75, 3.05) is 25.2 Å². The van der Waals surface area contributed by atoms with E-state index in [0.717, 1.165) is 17.0 Å². The van der Waals surface area contributed by atoms with Crippen molar-refractivity contribution in [3.63, 3.8) is 0 Å². The van der Waals surface area contributed by atoms with E-state index >= 15 is 0 Å². The number of aliphatic hydroxyl groups excluding tert-OH is 1. The van der Waals surface area contributed by atoms with Gasteiger partial charge in [0.25, 0.3) is 0 Å². The maximum atomic E-state index is 9.41. The highest BCUT2D eigenvalue weighted by Crippen LogP contribution is 2.32. The van der Waals surface area contributed by atoms with E-state index < -0.39 is 0 Å². The molecule has 1 fully saturated rings. The topological polar surface area (TPSA) is 58.7 Å². The summed E-state index contributed by atoms with van der Waals surface area (Å²) in [6, 6.07) is 6.53. The van der Waals surface area contributed by atoms with Gasteiger partial charge in [-0.1, -0.05) is 25.3 Å². The molecule has 20 heavy (non-hydrogen) atoms. The molecular weight excluding hydrogens is 252 g/mol. The summed E-state index contributed by atoms with van der Waals surface area (Å²) in [5.41, 5.74) is 8.11. The molecule has 0 amide bonds. The molecule has 0 atom stereocenters. The maximum absolute atomic E-state index is 9.41. The molecule has 1 aliphatic carbocycles. The van der Waals surface area contributed by atoms with E-state index in [-0.39, 0.29) is 6.61 Å². The maximum Gasteiger partial charge on any atom is 0.120 e. The number of hydrogen-bond donors (Lipinski definition) is 2. The zero-order chi connectivity index (χ0) is 14.4. The molecule has 0 radical (unpaired) electrons. The molecule has 4 heteroatoms. The molecule has 0 heterocycles. The first-order valence-electron chi connectivity index (χ1n) is 7.54. The lowest BCUT2D eigenvalue weighted by atomic mass is 9.93. The molecule has 1 aromatic rings. The summed E-state index contributed by atoms with van der Waals surface area (Å²) in [5.74, 6) is 0.843. The predicted molar refractivity (Wildman–Crippen MR) is 82.2 cm³/mol. The third-order valence-corrected chi connectivity index (χ3v) is 4.18. The Morgan fingerprint density at radius 1 is 1.30 bits per heavy atom. The van der Waals surface area contributed by atoms with Crippen molar-refractivity contribution in [1.29, 1.82) is 0 Å². The van der Waals surface area contributed by atoms with Gasteiger partial charge in [-0.05, 0) is 24.5 Å². The quantitative estimate of drug-likeness (QED) is 0.838. The Hall–Kier alpha value is -1.26. The monoisotopic (exact) mass is 278 g/mol. The molecule has 3 N–H and O–H groups in total. The van der Waals surface area contributed by atoms with Gasteiger partial charge in [0.05, 0.1) is 13.7 Å². The van der Waals surface area contributed by atoms with Crippen molar-refractivity contribution in [3.05, 3.63) is 23.8 Å². The van der Waals surface area contributed by atoms with Gasteiger partial charge < -0.3 is 20.5 Å². The Kier molecular flexibility index (Phi) is 5.68. The highest BCUT2D eigenvalue weighted by molar-refractivity contribution is 5.58. The molecule has 0 spiro atoms. The van der Waals surface area contributed by atoms with Crippen molar-refractivity contribution in [1.82, 2.24) is 0 Å². The Morgan fingerprint density at radius 2 is 2.05 bits per heavy atom. The highest BCUT2D eigenvalue weighted by Gasteiger charge is 2.23. The second-order valence-corrected chi connectivity index (χ2v) is 5.41. The Morgan fingerprint density at radius 3 is 2.65 bits per heavy atom. The lowest BCUT2D eigenvalue weighted by Crippen LogP contribution is -2.39. The first kappa shape index (κ1) is 15.1. The summed E-state index contributed by atoms with van der Waals surface area (Å²) in [6.45, 7) is 1.33. The van der Waals surface area contributed by atoms with Crippen molar-refractivity contribution in [2.24, 2.45) is 5.73 Å². The van der Waals surface area contributed by atoms with Crippen LogP contribution in [0.4, 0.5) is 5.69 Å². The lowest BCUT2D eigenvalue weighted by molar-refractivity contribution is 0.289. The SMILES string of the molecule is COc1ccc(CN)c(N(CCO)C2CCCCC2)c1.